The van der Waals surface area contributed by atoms with Gasteiger partial charge in [-0.3, -0.25) is 4.98 Å². The predicted molar refractivity (Wildman–Crippen MR) is 90.7 cm³/mol. The molecule has 3 heteroatoms. The van der Waals surface area contributed by atoms with Crippen LogP contribution in [0.25, 0.3) is 0 Å². The van der Waals surface area contributed by atoms with Crippen LogP contribution in [-0.4, -0.2) is 24.6 Å². The van der Waals surface area contributed by atoms with Gasteiger partial charge < -0.3 is 10.2 Å². The van der Waals surface area contributed by atoms with Crippen LogP contribution in [-0.2, 0) is 6.54 Å². The molecule has 21 heavy (non-hydrogen) atoms. The monoisotopic (exact) mass is 289 g/mol. The second-order valence-electron chi connectivity index (χ2n) is 6.84. The predicted octanol–water partition coefficient (Wildman–Crippen LogP) is 3.76. The third-order valence-electron chi connectivity index (χ3n) is 4.40. The second kappa shape index (κ2) is 7.79. The summed E-state index contributed by atoms with van der Waals surface area (Å²) in [7, 11) is 0. The fraction of sp³-hybridized carbons (Fsp3) is 0.722. The molecule has 2 rings (SSSR count). The van der Waals surface area contributed by atoms with E-state index >= 15 is 0 Å². The molecule has 0 amide bonds. The van der Waals surface area contributed by atoms with Crippen LogP contribution < -0.4 is 10.2 Å². The summed E-state index contributed by atoms with van der Waals surface area (Å²) in [6.45, 7) is 13.3. The molecule has 1 N–H and O–H groups in total. The summed E-state index contributed by atoms with van der Waals surface area (Å²) in [6.07, 6.45) is 6.06. The van der Waals surface area contributed by atoms with Gasteiger partial charge in [-0.25, -0.2) is 0 Å². The van der Waals surface area contributed by atoms with Crippen molar-refractivity contribution < 1.29 is 0 Å². The molecule has 1 unspecified atom stereocenters. The minimum atomic E-state index is 0.686. The maximum Gasteiger partial charge on any atom is 0.0445 e. The number of pyridine rings is 1. The number of piperidine rings is 1. The van der Waals surface area contributed by atoms with Gasteiger partial charge in [-0.1, -0.05) is 27.2 Å². The van der Waals surface area contributed by atoms with Crippen molar-refractivity contribution in [3.05, 3.63) is 23.5 Å². The van der Waals surface area contributed by atoms with Crippen molar-refractivity contribution in [1.82, 2.24) is 10.3 Å². The molecule has 0 spiro atoms. The molecule has 118 valence electrons. The van der Waals surface area contributed by atoms with Gasteiger partial charge in [-0.05, 0) is 44.2 Å². The first-order chi connectivity index (χ1) is 10.1. The number of aryl methyl sites for hydroxylation is 1. The third kappa shape index (κ3) is 4.70. The van der Waals surface area contributed by atoms with Crippen LogP contribution in [0, 0.1) is 18.8 Å². The Labute approximate surface area is 130 Å². The molecule has 0 radical (unpaired) electrons. The normalized spacial score (nSPS) is 19.3. The minimum Gasteiger partial charge on any atom is -0.371 e. The van der Waals surface area contributed by atoms with E-state index in [1.807, 2.05) is 0 Å². The highest BCUT2D eigenvalue weighted by molar-refractivity contribution is 5.54. The lowest BCUT2D eigenvalue weighted by Crippen LogP contribution is -2.36. The molecule has 1 aromatic heterocycles. The fourth-order valence-corrected chi connectivity index (χ4v) is 3.12. The van der Waals surface area contributed by atoms with Crippen LogP contribution in [0.5, 0.6) is 0 Å². The molecule has 1 aliphatic rings. The van der Waals surface area contributed by atoms with Gasteiger partial charge in [0.25, 0.3) is 0 Å². The molecule has 1 fully saturated rings. The smallest absolute Gasteiger partial charge is 0.0445 e. The SMILES string of the molecule is CCC1CCCN(c2cc(C)ncc2CNCC(C)C)C1. The lowest BCUT2D eigenvalue weighted by Gasteiger charge is -2.35. The molecule has 2 heterocycles. The summed E-state index contributed by atoms with van der Waals surface area (Å²) in [6, 6.07) is 2.27. The molecular formula is C18H31N3. The van der Waals surface area contributed by atoms with Gasteiger partial charge in [-0.15, -0.1) is 0 Å². The Balaban J connectivity index is 2.10. The number of anilines is 1. The highest BCUT2D eigenvalue weighted by Gasteiger charge is 2.20. The van der Waals surface area contributed by atoms with Crippen LogP contribution in [0.1, 0.15) is 51.3 Å². The van der Waals surface area contributed by atoms with E-state index < -0.39 is 0 Å². The fourth-order valence-electron chi connectivity index (χ4n) is 3.12. The summed E-state index contributed by atoms with van der Waals surface area (Å²) >= 11 is 0. The van der Waals surface area contributed by atoms with Crippen molar-refractivity contribution in [3.63, 3.8) is 0 Å². The first-order valence-corrected chi connectivity index (χ1v) is 8.51. The highest BCUT2D eigenvalue weighted by Crippen LogP contribution is 2.28. The molecule has 0 aliphatic carbocycles. The van der Waals surface area contributed by atoms with Crippen molar-refractivity contribution in [3.8, 4) is 0 Å². The average molecular weight is 289 g/mol. The van der Waals surface area contributed by atoms with E-state index in [0.29, 0.717) is 5.92 Å². The van der Waals surface area contributed by atoms with Gasteiger partial charge in [0, 0.05) is 42.8 Å². The Kier molecular flexibility index (Phi) is 6.04. The molecule has 0 saturated carbocycles. The maximum absolute atomic E-state index is 4.50. The number of hydrogen-bond donors (Lipinski definition) is 1. The first-order valence-electron chi connectivity index (χ1n) is 8.51. The topological polar surface area (TPSA) is 28.2 Å². The largest absolute Gasteiger partial charge is 0.371 e. The molecule has 0 bridgehead atoms. The zero-order chi connectivity index (χ0) is 15.2. The van der Waals surface area contributed by atoms with Crippen LogP contribution in [0.3, 0.4) is 0 Å². The molecule has 1 atom stereocenters. The van der Waals surface area contributed by atoms with Gasteiger partial charge in [0.1, 0.15) is 0 Å². The Morgan fingerprint density at radius 2 is 2.24 bits per heavy atom. The van der Waals surface area contributed by atoms with E-state index in [0.717, 1.165) is 24.7 Å². The van der Waals surface area contributed by atoms with Gasteiger partial charge in [0.2, 0.25) is 0 Å². The first kappa shape index (κ1) is 16.3. The van der Waals surface area contributed by atoms with E-state index in [1.165, 1.54) is 43.6 Å². The lowest BCUT2D eigenvalue weighted by molar-refractivity contribution is 0.404. The van der Waals surface area contributed by atoms with Crippen LogP contribution in [0.4, 0.5) is 5.69 Å². The zero-order valence-electron chi connectivity index (χ0n) is 14.2. The maximum atomic E-state index is 4.50. The van der Waals surface area contributed by atoms with Crippen LogP contribution >= 0.6 is 0 Å². The average Bonchev–Trinajstić information content (AvgIpc) is 2.48. The van der Waals surface area contributed by atoms with E-state index in [-0.39, 0.29) is 0 Å². The summed E-state index contributed by atoms with van der Waals surface area (Å²) < 4.78 is 0. The van der Waals surface area contributed by atoms with Crippen molar-refractivity contribution in [2.24, 2.45) is 11.8 Å². The van der Waals surface area contributed by atoms with Gasteiger partial charge in [0.05, 0.1) is 0 Å². The number of nitrogens with one attached hydrogen (secondary N) is 1. The van der Waals surface area contributed by atoms with Gasteiger partial charge in [-0.2, -0.15) is 0 Å². The van der Waals surface area contributed by atoms with E-state index in [1.54, 1.807) is 0 Å². The number of aromatic nitrogens is 1. The second-order valence-corrected chi connectivity index (χ2v) is 6.84. The Bertz CT molecular complexity index is 442. The molecule has 1 aliphatic heterocycles. The molecule has 3 nitrogen and oxygen atoms in total. The van der Waals surface area contributed by atoms with E-state index in [2.05, 4.69) is 55.2 Å². The van der Waals surface area contributed by atoms with Crippen molar-refractivity contribution in [1.29, 1.82) is 0 Å². The molecule has 1 aromatic rings. The van der Waals surface area contributed by atoms with Crippen molar-refractivity contribution in [2.75, 3.05) is 24.5 Å². The summed E-state index contributed by atoms with van der Waals surface area (Å²) in [5.41, 5.74) is 3.87. The molecule has 0 aromatic carbocycles. The van der Waals surface area contributed by atoms with Crippen molar-refractivity contribution >= 4 is 5.69 Å². The Morgan fingerprint density at radius 1 is 1.43 bits per heavy atom. The number of rotatable bonds is 6. The summed E-state index contributed by atoms with van der Waals surface area (Å²) in [5.74, 6) is 1.54. The summed E-state index contributed by atoms with van der Waals surface area (Å²) in [4.78, 5) is 7.09. The molecule has 1 saturated heterocycles. The van der Waals surface area contributed by atoms with Crippen molar-refractivity contribution in [2.45, 2.75) is 53.5 Å². The quantitative estimate of drug-likeness (QED) is 0.864. The third-order valence-corrected chi connectivity index (χ3v) is 4.40. The lowest BCUT2D eigenvalue weighted by atomic mass is 9.95. The van der Waals surface area contributed by atoms with E-state index in [4.69, 9.17) is 0 Å². The van der Waals surface area contributed by atoms with Gasteiger partial charge >= 0.3 is 0 Å². The van der Waals surface area contributed by atoms with Crippen LogP contribution in [0.2, 0.25) is 0 Å². The Morgan fingerprint density at radius 3 is 2.95 bits per heavy atom. The summed E-state index contributed by atoms with van der Waals surface area (Å²) in [5, 5.41) is 3.56. The van der Waals surface area contributed by atoms with Gasteiger partial charge in [0.15, 0.2) is 0 Å². The number of hydrogen-bond acceptors (Lipinski definition) is 3. The highest BCUT2D eigenvalue weighted by atomic mass is 15.1. The zero-order valence-corrected chi connectivity index (χ0v) is 14.2. The number of nitrogens with zero attached hydrogens (tertiary/aromatic N) is 2. The van der Waals surface area contributed by atoms with E-state index in [9.17, 15) is 0 Å². The minimum absolute atomic E-state index is 0.686. The molecular weight excluding hydrogens is 258 g/mol. The Hall–Kier alpha value is -1.09. The van der Waals surface area contributed by atoms with Crippen LogP contribution in [0.15, 0.2) is 12.3 Å². The standard InChI is InChI=1S/C18H31N3/c1-5-16-7-6-8-21(13-16)18-9-15(4)20-12-17(18)11-19-10-14(2)3/h9,12,14,16,19H,5-8,10-11,13H2,1-4H3.